The van der Waals surface area contributed by atoms with Crippen molar-refractivity contribution in [2.45, 2.75) is 6.42 Å². The fraction of sp³-hybridized carbons (Fsp3) is 0.333. The molecular weight excluding hydrogens is 386 g/mol. The monoisotopic (exact) mass is 413 g/mol. The maximum absolute atomic E-state index is 4.66. The molecule has 0 spiro atoms. The minimum absolute atomic E-state index is 0.916. The van der Waals surface area contributed by atoms with E-state index >= 15 is 0 Å². The first kappa shape index (κ1) is 18.6. The van der Waals surface area contributed by atoms with Crippen LogP contribution >= 0.6 is 0 Å². The molecule has 0 unspecified atom stereocenters. The molecule has 31 heavy (non-hydrogen) atoms. The molecule has 4 aromatic rings. The number of pyridine rings is 1. The number of anilines is 1. The van der Waals surface area contributed by atoms with Gasteiger partial charge in [0.25, 0.3) is 0 Å². The minimum Gasteiger partial charge on any atom is -0.368 e. The number of H-pyrrole nitrogens is 2. The zero-order valence-electron chi connectivity index (χ0n) is 17.8. The van der Waals surface area contributed by atoms with Gasteiger partial charge in [0.2, 0.25) is 0 Å². The molecule has 0 saturated carbocycles. The van der Waals surface area contributed by atoms with E-state index in [1.165, 1.54) is 16.8 Å². The Morgan fingerprint density at radius 2 is 1.90 bits per heavy atom. The third kappa shape index (κ3) is 3.30. The van der Waals surface area contributed by atoms with E-state index in [4.69, 9.17) is 0 Å². The van der Waals surface area contributed by atoms with Gasteiger partial charge < -0.3 is 20.1 Å². The first-order chi connectivity index (χ1) is 15.3. The van der Waals surface area contributed by atoms with E-state index in [0.29, 0.717) is 0 Å². The number of fused-ring (bicyclic) bond motifs is 2. The lowest BCUT2D eigenvalue weighted by Gasteiger charge is -2.34. The summed E-state index contributed by atoms with van der Waals surface area (Å²) in [6.07, 6.45) is 5.25. The molecule has 0 aliphatic carbocycles. The molecule has 6 rings (SSSR count). The molecule has 0 atom stereocenters. The molecule has 2 aliphatic heterocycles. The van der Waals surface area contributed by atoms with Crippen LogP contribution in [-0.2, 0) is 0 Å². The summed E-state index contributed by atoms with van der Waals surface area (Å²) in [6, 6.07) is 10.9. The van der Waals surface area contributed by atoms with E-state index in [2.05, 4.69) is 78.7 Å². The van der Waals surface area contributed by atoms with Crippen molar-refractivity contribution in [1.29, 1.82) is 0 Å². The lowest BCUT2D eigenvalue weighted by Crippen LogP contribution is -2.44. The van der Waals surface area contributed by atoms with Crippen molar-refractivity contribution in [2.24, 2.45) is 0 Å². The van der Waals surface area contributed by atoms with Crippen molar-refractivity contribution in [1.82, 2.24) is 30.4 Å². The summed E-state index contributed by atoms with van der Waals surface area (Å²) in [5, 5.41) is 13.6. The quantitative estimate of drug-likeness (QED) is 0.481. The van der Waals surface area contributed by atoms with Crippen molar-refractivity contribution in [2.75, 3.05) is 51.2 Å². The van der Waals surface area contributed by atoms with E-state index in [1.807, 2.05) is 6.20 Å². The number of aromatic nitrogens is 4. The molecule has 3 aromatic heterocycles. The molecule has 0 amide bonds. The summed E-state index contributed by atoms with van der Waals surface area (Å²) in [5.41, 5.74) is 7.87. The maximum atomic E-state index is 4.66. The number of nitrogens with zero attached hydrogens (tertiary/aromatic N) is 4. The molecule has 7 nitrogen and oxygen atoms in total. The van der Waals surface area contributed by atoms with E-state index in [1.54, 1.807) is 0 Å². The van der Waals surface area contributed by atoms with Crippen LogP contribution in [0, 0.1) is 0 Å². The van der Waals surface area contributed by atoms with Gasteiger partial charge in [0.05, 0.1) is 11.2 Å². The zero-order valence-corrected chi connectivity index (χ0v) is 17.8. The molecule has 0 radical (unpaired) electrons. The Labute approximate surface area is 181 Å². The Bertz CT molecular complexity index is 1270. The van der Waals surface area contributed by atoms with Crippen LogP contribution in [0.4, 0.5) is 5.69 Å². The molecule has 3 N–H and O–H groups in total. The molecule has 5 heterocycles. The van der Waals surface area contributed by atoms with E-state index in [0.717, 1.165) is 79.0 Å². The van der Waals surface area contributed by atoms with Crippen molar-refractivity contribution in [3.63, 3.8) is 0 Å². The number of nitrogens with one attached hydrogen (secondary N) is 3. The van der Waals surface area contributed by atoms with E-state index in [-0.39, 0.29) is 0 Å². The predicted molar refractivity (Wildman–Crippen MR) is 126 cm³/mol. The number of likely N-dealkylation sites (N-methyl/N-ethyl adjacent to an activating group) is 1. The highest BCUT2D eigenvalue weighted by Gasteiger charge is 2.19. The van der Waals surface area contributed by atoms with Crippen LogP contribution in [-0.4, -0.2) is 71.4 Å². The highest BCUT2D eigenvalue weighted by Crippen LogP contribution is 2.34. The van der Waals surface area contributed by atoms with Crippen molar-refractivity contribution in [3.8, 4) is 11.4 Å². The molecule has 0 bridgehead atoms. The van der Waals surface area contributed by atoms with Crippen LogP contribution < -0.4 is 10.2 Å². The second-order valence-corrected chi connectivity index (χ2v) is 8.58. The van der Waals surface area contributed by atoms with Gasteiger partial charge in [-0.1, -0.05) is 12.1 Å². The molecule has 1 aromatic carbocycles. The summed E-state index contributed by atoms with van der Waals surface area (Å²) in [4.78, 5) is 13.0. The molecule has 158 valence electrons. The number of benzene rings is 1. The van der Waals surface area contributed by atoms with Crippen molar-refractivity contribution >= 4 is 33.2 Å². The topological polar surface area (TPSA) is 75.9 Å². The highest BCUT2D eigenvalue weighted by atomic mass is 15.2. The Morgan fingerprint density at radius 1 is 1.00 bits per heavy atom. The van der Waals surface area contributed by atoms with E-state index < -0.39 is 0 Å². The number of rotatable bonds is 3. The van der Waals surface area contributed by atoms with Gasteiger partial charge in [-0.25, -0.2) is 4.98 Å². The summed E-state index contributed by atoms with van der Waals surface area (Å²) < 4.78 is 0. The van der Waals surface area contributed by atoms with Gasteiger partial charge in [-0.15, -0.1) is 0 Å². The summed E-state index contributed by atoms with van der Waals surface area (Å²) >= 11 is 0. The Balaban J connectivity index is 1.42. The maximum Gasteiger partial charge on any atom is 0.139 e. The summed E-state index contributed by atoms with van der Waals surface area (Å²) in [6.45, 7) is 6.21. The van der Waals surface area contributed by atoms with Crippen LogP contribution in [0.2, 0.25) is 0 Å². The fourth-order valence-electron chi connectivity index (χ4n) is 4.77. The Morgan fingerprint density at radius 3 is 2.74 bits per heavy atom. The molecule has 1 fully saturated rings. The van der Waals surface area contributed by atoms with Crippen LogP contribution in [0.25, 0.3) is 38.9 Å². The van der Waals surface area contributed by atoms with Gasteiger partial charge in [-0.3, -0.25) is 5.10 Å². The van der Waals surface area contributed by atoms with Gasteiger partial charge in [-0.05, 0) is 55.4 Å². The fourth-order valence-corrected chi connectivity index (χ4v) is 4.77. The van der Waals surface area contributed by atoms with Gasteiger partial charge >= 0.3 is 0 Å². The number of aromatic amines is 2. The predicted octanol–water partition coefficient (Wildman–Crippen LogP) is 3.23. The number of hydrogen-bond acceptors (Lipinski definition) is 5. The van der Waals surface area contributed by atoms with Gasteiger partial charge in [0.1, 0.15) is 11.3 Å². The van der Waals surface area contributed by atoms with Gasteiger partial charge in [0, 0.05) is 55.4 Å². The molecule has 7 heteroatoms. The summed E-state index contributed by atoms with van der Waals surface area (Å²) in [5.74, 6) is 0. The SMILES string of the molecule is CN1CCN(c2ccnc3[nH]c(-c4n[nH]c5ccc(C6=CCNCC6)cc45)cc23)CC1. The summed E-state index contributed by atoms with van der Waals surface area (Å²) in [7, 11) is 2.19. The molecule has 2 aliphatic rings. The van der Waals surface area contributed by atoms with Crippen molar-refractivity contribution in [3.05, 3.63) is 48.2 Å². The van der Waals surface area contributed by atoms with Gasteiger partial charge in [0.15, 0.2) is 0 Å². The standard InChI is InChI=1S/C24H27N7/c1-30-10-12-31(13-11-30)22-6-9-26-24-19(22)15-21(27-24)23-18-14-17(2-3-20(18)28-29-23)16-4-7-25-8-5-16/h2-4,6,9,14-15,25H,5,7-8,10-13H2,1H3,(H,26,27)(H,28,29). The van der Waals surface area contributed by atoms with Crippen molar-refractivity contribution < 1.29 is 0 Å². The van der Waals surface area contributed by atoms with Gasteiger partial charge in [-0.2, -0.15) is 5.10 Å². The lowest BCUT2D eigenvalue weighted by molar-refractivity contribution is 0.313. The zero-order chi connectivity index (χ0) is 20.8. The molecular formula is C24H27N7. The average Bonchev–Trinajstić information content (AvgIpc) is 3.43. The molecule has 1 saturated heterocycles. The second kappa shape index (κ2) is 7.51. The van der Waals surface area contributed by atoms with Crippen LogP contribution in [0.3, 0.4) is 0 Å². The third-order valence-corrected chi connectivity index (χ3v) is 6.61. The van der Waals surface area contributed by atoms with Crippen LogP contribution in [0.5, 0.6) is 0 Å². The smallest absolute Gasteiger partial charge is 0.139 e. The second-order valence-electron chi connectivity index (χ2n) is 8.58. The normalized spacial score (nSPS) is 18.1. The average molecular weight is 414 g/mol. The number of hydrogen-bond donors (Lipinski definition) is 3. The third-order valence-electron chi connectivity index (χ3n) is 6.61. The first-order valence-corrected chi connectivity index (χ1v) is 11.1. The highest BCUT2D eigenvalue weighted by molar-refractivity contribution is 5.99. The Hall–Kier alpha value is -3.16. The number of piperazine rings is 1. The van der Waals surface area contributed by atoms with Crippen LogP contribution in [0.1, 0.15) is 12.0 Å². The lowest BCUT2D eigenvalue weighted by atomic mass is 9.98. The largest absolute Gasteiger partial charge is 0.368 e. The minimum atomic E-state index is 0.916. The van der Waals surface area contributed by atoms with E-state index in [9.17, 15) is 0 Å². The van der Waals surface area contributed by atoms with Crippen LogP contribution in [0.15, 0.2) is 42.6 Å². The first-order valence-electron chi connectivity index (χ1n) is 11.1. The Kier molecular flexibility index (Phi) is 4.51.